The van der Waals surface area contributed by atoms with Gasteiger partial charge in [-0.15, -0.1) is 11.3 Å². The first-order valence-electron chi connectivity index (χ1n) is 6.84. The van der Waals surface area contributed by atoms with Crippen molar-refractivity contribution in [3.8, 4) is 0 Å². The fraction of sp³-hybridized carbons (Fsp3) is 0.571. The third-order valence-electron chi connectivity index (χ3n) is 3.43. The van der Waals surface area contributed by atoms with E-state index in [0.717, 1.165) is 17.7 Å². The lowest BCUT2D eigenvalue weighted by atomic mass is 10.1. The summed E-state index contributed by atoms with van der Waals surface area (Å²) in [5.41, 5.74) is 0. The molecule has 1 aliphatic heterocycles. The van der Waals surface area contributed by atoms with E-state index in [9.17, 15) is 9.59 Å². The second kappa shape index (κ2) is 6.74. The second-order valence-corrected chi connectivity index (χ2v) is 6.29. The fourth-order valence-corrected chi connectivity index (χ4v) is 3.05. The molecule has 0 radical (unpaired) electrons. The summed E-state index contributed by atoms with van der Waals surface area (Å²) in [6, 6.07) is 4.17. The average Bonchev–Trinajstić information content (AvgIpc) is 2.91. The molecule has 2 rings (SSSR count). The van der Waals surface area contributed by atoms with Crippen molar-refractivity contribution in [2.24, 2.45) is 0 Å². The summed E-state index contributed by atoms with van der Waals surface area (Å²) in [4.78, 5) is 28.2. The summed E-state index contributed by atoms with van der Waals surface area (Å²) in [7, 11) is 3.52. The predicted octanol–water partition coefficient (Wildman–Crippen LogP) is 1.55. The first kappa shape index (κ1) is 14.8. The zero-order valence-corrected chi connectivity index (χ0v) is 12.8. The molecule has 0 spiro atoms. The van der Waals surface area contributed by atoms with Crippen molar-refractivity contribution in [1.82, 2.24) is 15.1 Å². The van der Waals surface area contributed by atoms with Crippen molar-refractivity contribution in [2.75, 3.05) is 27.2 Å². The summed E-state index contributed by atoms with van der Waals surface area (Å²) in [6.45, 7) is 1.42. The van der Waals surface area contributed by atoms with Crippen LogP contribution < -0.4 is 5.32 Å². The molecular formula is C14H21N3O2S. The van der Waals surface area contributed by atoms with E-state index in [1.807, 2.05) is 22.4 Å². The van der Waals surface area contributed by atoms with Gasteiger partial charge in [-0.3, -0.25) is 4.79 Å². The number of urea groups is 1. The minimum Gasteiger partial charge on any atom is -0.353 e. The number of amides is 3. The third-order valence-corrected chi connectivity index (χ3v) is 4.30. The van der Waals surface area contributed by atoms with E-state index in [-0.39, 0.29) is 18.0 Å². The number of nitrogens with zero attached hydrogens (tertiary/aromatic N) is 2. The van der Waals surface area contributed by atoms with Gasteiger partial charge in [-0.2, -0.15) is 0 Å². The van der Waals surface area contributed by atoms with Gasteiger partial charge in [-0.25, -0.2) is 4.79 Å². The molecule has 0 atom stereocenters. The highest BCUT2D eigenvalue weighted by atomic mass is 32.1. The number of thiophene rings is 1. The maximum atomic E-state index is 11.9. The van der Waals surface area contributed by atoms with Gasteiger partial charge >= 0.3 is 6.03 Å². The van der Waals surface area contributed by atoms with Crippen LogP contribution in [0.15, 0.2) is 17.5 Å². The molecule has 5 nitrogen and oxygen atoms in total. The van der Waals surface area contributed by atoms with Crippen molar-refractivity contribution in [2.45, 2.75) is 25.3 Å². The Morgan fingerprint density at radius 2 is 2.10 bits per heavy atom. The SMILES string of the molecule is CN(C)C(=O)N1CCC(NC(=O)Cc2cccs2)CC1. The van der Waals surface area contributed by atoms with Gasteiger partial charge in [0.05, 0.1) is 6.42 Å². The first-order chi connectivity index (χ1) is 9.56. The van der Waals surface area contributed by atoms with E-state index in [1.165, 1.54) is 0 Å². The second-order valence-electron chi connectivity index (χ2n) is 5.26. The summed E-state index contributed by atoms with van der Waals surface area (Å²) < 4.78 is 0. The van der Waals surface area contributed by atoms with Gasteiger partial charge in [0.2, 0.25) is 5.91 Å². The maximum Gasteiger partial charge on any atom is 0.319 e. The minimum atomic E-state index is 0.0494. The van der Waals surface area contributed by atoms with Crippen molar-refractivity contribution in [3.05, 3.63) is 22.4 Å². The number of carbonyl (C=O) groups is 2. The fourth-order valence-electron chi connectivity index (χ4n) is 2.35. The zero-order valence-electron chi connectivity index (χ0n) is 12.0. The highest BCUT2D eigenvalue weighted by Crippen LogP contribution is 2.13. The monoisotopic (exact) mass is 295 g/mol. The maximum absolute atomic E-state index is 11.9. The number of likely N-dealkylation sites (tertiary alicyclic amines) is 1. The lowest BCUT2D eigenvalue weighted by Gasteiger charge is -2.33. The number of rotatable bonds is 3. The molecule has 1 fully saturated rings. The molecule has 6 heteroatoms. The summed E-state index contributed by atoms with van der Waals surface area (Å²) in [5.74, 6) is 0.0739. The Kier molecular flexibility index (Phi) is 5.00. The molecule has 0 unspecified atom stereocenters. The molecule has 3 amide bonds. The standard InChI is InChI=1S/C14H21N3O2S/c1-16(2)14(19)17-7-5-11(6-8-17)15-13(18)10-12-4-3-9-20-12/h3-4,9,11H,5-8,10H2,1-2H3,(H,15,18). The Hall–Kier alpha value is -1.56. The molecule has 1 saturated heterocycles. The highest BCUT2D eigenvalue weighted by Gasteiger charge is 2.24. The van der Waals surface area contributed by atoms with Crippen LogP contribution in [0.3, 0.4) is 0 Å². The van der Waals surface area contributed by atoms with Crippen LogP contribution in [-0.4, -0.2) is 55.0 Å². The zero-order chi connectivity index (χ0) is 14.5. The third kappa shape index (κ3) is 3.96. The molecule has 0 aliphatic carbocycles. The van der Waals surface area contributed by atoms with Crippen molar-refractivity contribution in [1.29, 1.82) is 0 Å². The normalized spacial score (nSPS) is 16.0. The number of hydrogen-bond donors (Lipinski definition) is 1. The molecule has 110 valence electrons. The van der Waals surface area contributed by atoms with Gasteiger partial charge in [0.25, 0.3) is 0 Å². The van der Waals surface area contributed by atoms with Gasteiger partial charge in [0, 0.05) is 38.1 Å². The smallest absolute Gasteiger partial charge is 0.319 e. The Labute approximate surface area is 123 Å². The van der Waals surface area contributed by atoms with E-state index in [4.69, 9.17) is 0 Å². The van der Waals surface area contributed by atoms with Crippen molar-refractivity contribution >= 4 is 23.3 Å². The summed E-state index contributed by atoms with van der Waals surface area (Å²) in [5, 5.41) is 5.04. The Bertz CT molecular complexity index is 451. The van der Waals surface area contributed by atoms with Gasteiger partial charge in [-0.05, 0) is 24.3 Å². The average molecular weight is 295 g/mol. The van der Waals surface area contributed by atoms with E-state index >= 15 is 0 Å². The number of piperidine rings is 1. The quantitative estimate of drug-likeness (QED) is 0.920. The molecule has 2 heterocycles. The predicted molar refractivity (Wildman–Crippen MR) is 79.8 cm³/mol. The molecule has 1 N–H and O–H groups in total. The van der Waals surface area contributed by atoms with Crippen LogP contribution in [0, 0.1) is 0 Å². The Morgan fingerprint density at radius 1 is 1.40 bits per heavy atom. The van der Waals surface area contributed by atoms with Crippen LogP contribution in [0.5, 0.6) is 0 Å². The first-order valence-corrected chi connectivity index (χ1v) is 7.72. The van der Waals surface area contributed by atoms with Crippen LogP contribution >= 0.6 is 11.3 Å². The van der Waals surface area contributed by atoms with E-state index in [2.05, 4.69) is 5.32 Å². The summed E-state index contributed by atoms with van der Waals surface area (Å²) in [6.07, 6.45) is 2.11. The van der Waals surface area contributed by atoms with Crippen molar-refractivity contribution in [3.63, 3.8) is 0 Å². The van der Waals surface area contributed by atoms with Crippen LogP contribution in [0.1, 0.15) is 17.7 Å². The Balaban J connectivity index is 1.74. The minimum absolute atomic E-state index is 0.0494. The molecule has 0 aromatic carbocycles. The number of carbonyl (C=O) groups excluding carboxylic acids is 2. The topological polar surface area (TPSA) is 52.7 Å². The lowest BCUT2D eigenvalue weighted by molar-refractivity contribution is -0.121. The largest absolute Gasteiger partial charge is 0.353 e. The molecule has 1 aromatic heterocycles. The molecule has 1 aliphatic rings. The molecule has 1 aromatic rings. The van der Waals surface area contributed by atoms with Crippen LogP contribution in [-0.2, 0) is 11.2 Å². The summed E-state index contributed by atoms with van der Waals surface area (Å²) >= 11 is 1.60. The Morgan fingerprint density at radius 3 is 2.65 bits per heavy atom. The molecule has 0 bridgehead atoms. The van der Waals surface area contributed by atoms with E-state index < -0.39 is 0 Å². The lowest BCUT2D eigenvalue weighted by Crippen LogP contribution is -2.49. The van der Waals surface area contributed by atoms with Crippen LogP contribution in [0.2, 0.25) is 0 Å². The van der Waals surface area contributed by atoms with Crippen molar-refractivity contribution < 1.29 is 9.59 Å². The van der Waals surface area contributed by atoms with Gasteiger partial charge in [0.15, 0.2) is 0 Å². The van der Waals surface area contributed by atoms with E-state index in [1.54, 1.807) is 30.3 Å². The van der Waals surface area contributed by atoms with Crippen LogP contribution in [0.4, 0.5) is 4.79 Å². The van der Waals surface area contributed by atoms with Gasteiger partial charge in [-0.1, -0.05) is 6.07 Å². The van der Waals surface area contributed by atoms with E-state index in [0.29, 0.717) is 19.5 Å². The molecule has 0 saturated carbocycles. The molecular weight excluding hydrogens is 274 g/mol. The van der Waals surface area contributed by atoms with Gasteiger partial charge < -0.3 is 15.1 Å². The van der Waals surface area contributed by atoms with Crippen LogP contribution in [0.25, 0.3) is 0 Å². The molecule has 20 heavy (non-hydrogen) atoms. The van der Waals surface area contributed by atoms with Gasteiger partial charge in [0.1, 0.15) is 0 Å². The number of hydrogen-bond acceptors (Lipinski definition) is 3. The highest BCUT2D eigenvalue weighted by molar-refractivity contribution is 7.10. The number of nitrogens with one attached hydrogen (secondary N) is 1.